The summed E-state index contributed by atoms with van der Waals surface area (Å²) < 4.78 is 2.08. The van der Waals surface area contributed by atoms with Crippen LogP contribution in [0.5, 0.6) is 0 Å². The summed E-state index contributed by atoms with van der Waals surface area (Å²) in [6.45, 7) is 0. The number of nitrogens with zero attached hydrogens (tertiary/aromatic N) is 2. The Kier molecular flexibility index (Phi) is 1.33. The van der Waals surface area contributed by atoms with Gasteiger partial charge in [-0.25, -0.2) is 4.98 Å². The molecule has 1 aliphatic carbocycles. The molecular formula is C10H11N3. The van der Waals surface area contributed by atoms with Gasteiger partial charge in [0.15, 0.2) is 0 Å². The zero-order valence-electron chi connectivity index (χ0n) is 7.27. The van der Waals surface area contributed by atoms with E-state index in [0.29, 0.717) is 6.04 Å². The first kappa shape index (κ1) is 6.95. The van der Waals surface area contributed by atoms with Gasteiger partial charge in [-0.15, -0.1) is 0 Å². The van der Waals surface area contributed by atoms with Crippen LogP contribution in [0.1, 0.15) is 12.8 Å². The Labute approximate surface area is 76.4 Å². The standard InChI is InChI=1S/C10H11N3/c1-2-9-6-11-7-13(9)10(3-1)12-8-4-5-8/h1-3,6-8,12H,4-5H2. The van der Waals surface area contributed by atoms with Crippen LogP contribution in [0.3, 0.4) is 0 Å². The molecule has 0 atom stereocenters. The van der Waals surface area contributed by atoms with Crippen molar-refractivity contribution in [1.29, 1.82) is 0 Å². The minimum Gasteiger partial charge on any atom is -0.368 e. The molecule has 13 heavy (non-hydrogen) atoms. The van der Waals surface area contributed by atoms with Crippen molar-refractivity contribution in [3.8, 4) is 0 Å². The lowest BCUT2D eigenvalue weighted by molar-refractivity contribution is 1.07. The lowest BCUT2D eigenvalue weighted by Crippen LogP contribution is -2.04. The largest absolute Gasteiger partial charge is 0.368 e. The molecule has 2 aromatic heterocycles. The molecule has 1 aliphatic rings. The maximum atomic E-state index is 4.11. The molecule has 2 heterocycles. The van der Waals surface area contributed by atoms with Crippen LogP contribution in [0.15, 0.2) is 30.7 Å². The molecule has 66 valence electrons. The summed E-state index contributed by atoms with van der Waals surface area (Å²) in [6, 6.07) is 6.90. The summed E-state index contributed by atoms with van der Waals surface area (Å²) in [5, 5.41) is 3.47. The van der Waals surface area contributed by atoms with Crippen molar-refractivity contribution < 1.29 is 0 Å². The van der Waals surface area contributed by atoms with E-state index in [9.17, 15) is 0 Å². The molecule has 0 bridgehead atoms. The minimum absolute atomic E-state index is 0.688. The highest BCUT2D eigenvalue weighted by atomic mass is 15.1. The average molecular weight is 173 g/mol. The van der Waals surface area contributed by atoms with Gasteiger partial charge in [0, 0.05) is 6.04 Å². The van der Waals surface area contributed by atoms with E-state index >= 15 is 0 Å². The number of imidazole rings is 1. The lowest BCUT2D eigenvalue weighted by atomic mass is 10.4. The van der Waals surface area contributed by atoms with Crippen LogP contribution >= 0.6 is 0 Å². The monoisotopic (exact) mass is 173 g/mol. The Balaban J connectivity index is 2.09. The summed E-state index contributed by atoms with van der Waals surface area (Å²) in [5.41, 5.74) is 1.14. The van der Waals surface area contributed by atoms with Crippen molar-refractivity contribution >= 4 is 11.3 Å². The fraction of sp³-hybridized carbons (Fsp3) is 0.300. The Bertz CT molecular complexity index is 428. The van der Waals surface area contributed by atoms with Crippen LogP contribution in [-0.4, -0.2) is 15.4 Å². The van der Waals surface area contributed by atoms with Gasteiger partial charge in [-0.2, -0.15) is 0 Å². The van der Waals surface area contributed by atoms with E-state index in [1.54, 1.807) is 0 Å². The number of hydrogen-bond donors (Lipinski definition) is 1. The molecule has 1 N–H and O–H groups in total. The van der Waals surface area contributed by atoms with Crippen molar-refractivity contribution in [2.24, 2.45) is 0 Å². The molecule has 3 heteroatoms. The summed E-state index contributed by atoms with van der Waals surface area (Å²) in [7, 11) is 0. The topological polar surface area (TPSA) is 29.3 Å². The van der Waals surface area contributed by atoms with E-state index in [4.69, 9.17) is 0 Å². The van der Waals surface area contributed by atoms with Crippen LogP contribution < -0.4 is 5.32 Å². The van der Waals surface area contributed by atoms with Crippen molar-refractivity contribution in [3.05, 3.63) is 30.7 Å². The second-order valence-corrected chi connectivity index (χ2v) is 3.52. The van der Waals surface area contributed by atoms with Crippen LogP contribution in [0.25, 0.3) is 5.52 Å². The van der Waals surface area contributed by atoms with Crippen LogP contribution in [0.4, 0.5) is 5.82 Å². The molecule has 0 saturated heterocycles. The quantitative estimate of drug-likeness (QED) is 0.751. The first-order chi connectivity index (χ1) is 6.43. The van der Waals surface area contributed by atoms with Crippen molar-refractivity contribution in [2.45, 2.75) is 18.9 Å². The fourth-order valence-corrected chi connectivity index (χ4v) is 1.50. The van der Waals surface area contributed by atoms with E-state index in [-0.39, 0.29) is 0 Å². The number of rotatable bonds is 2. The predicted octanol–water partition coefficient (Wildman–Crippen LogP) is 1.91. The number of nitrogens with one attached hydrogen (secondary N) is 1. The highest BCUT2D eigenvalue weighted by Gasteiger charge is 2.21. The summed E-state index contributed by atoms with van der Waals surface area (Å²) in [4.78, 5) is 4.11. The van der Waals surface area contributed by atoms with Gasteiger partial charge < -0.3 is 5.32 Å². The zero-order valence-corrected chi connectivity index (χ0v) is 7.27. The third-order valence-corrected chi connectivity index (χ3v) is 2.38. The van der Waals surface area contributed by atoms with Crippen molar-refractivity contribution in [2.75, 3.05) is 5.32 Å². The molecule has 3 rings (SSSR count). The maximum Gasteiger partial charge on any atom is 0.111 e. The van der Waals surface area contributed by atoms with E-state index < -0.39 is 0 Å². The van der Waals surface area contributed by atoms with Crippen LogP contribution in [0.2, 0.25) is 0 Å². The lowest BCUT2D eigenvalue weighted by Gasteiger charge is -2.06. The second kappa shape index (κ2) is 2.49. The molecule has 1 saturated carbocycles. The van der Waals surface area contributed by atoms with Gasteiger partial charge in [-0.1, -0.05) is 6.07 Å². The SMILES string of the molecule is c1cc(NC2CC2)n2cncc2c1. The molecule has 0 unspecified atom stereocenters. The molecule has 2 aromatic rings. The highest BCUT2D eigenvalue weighted by Crippen LogP contribution is 2.24. The first-order valence-electron chi connectivity index (χ1n) is 4.61. The number of anilines is 1. The average Bonchev–Trinajstić information content (AvgIpc) is 2.83. The maximum absolute atomic E-state index is 4.11. The van der Waals surface area contributed by atoms with E-state index in [1.165, 1.54) is 12.8 Å². The third kappa shape index (κ3) is 1.16. The first-order valence-corrected chi connectivity index (χ1v) is 4.61. The summed E-state index contributed by atoms with van der Waals surface area (Å²) in [5.74, 6) is 1.15. The van der Waals surface area contributed by atoms with Gasteiger partial charge in [0.25, 0.3) is 0 Å². The van der Waals surface area contributed by atoms with Crippen LogP contribution in [0, 0.1) is 0 Å². The Hall–Kier alpha value is -1.51. The molecule has 0 spiro atoms. The molecule has 0 aromatic carbocycles. The summed E-state index contributed by atoms with van der Waals surface area (Å²) >= 11 is 0. The van der Waals surface area contributed by atoms with E-state index in [0.717, 1.165) is 11.3 Å². The number of pyridine rings is 1. The fourth-order valence-electron chi connectivity index (χ4n) is 1.50. The number of hydrogen-bond acceptors (Lipinski definition) is 2. The molecule has 1 fully saturated rings. The number of aromatic nitrogens is 2. The van der Waals surface area contributed by atoms with Gasteiger partial charge in [-0.3, -0.25) is 4.40 Å². The molecule has 0 amide bonds. The minimum atomic E-state index is 0.688. The van der Waals surface area contributed by atoms with Gasteiger partial charge in [0.2, 0.25) is 0 Å². The van der Waals surface area contributed by atoms with Crippen LogP contribution in [-0.2, 0) is 0 Å². The van der Waals surface area contributed by atoms with Gasteiger partial charge in [-0.05, 0) is 25.0 Å². The Morgan fingerprint density at radius 1 is 1.38 bits per heavy atom. The Morgan fingerprint density at radius 3 is 3.15 bits per heavy atom. The zero-order chi connectivity index (χ0) is 8.67. The van der Waals surface area contributed by atoms with E-state index in [1.807, 2.05) is 12.5 Å². The molecule has 0 aliphatic heterocycles. The smallest absolute Gasteiger partial charge is 0.111 e. The second-order valence-electron chi connectivity index (χ2n) is 3.52. The Morgan fingerprint density at radius 2 is 2.31 bits per heavy atom. The van der Waals surface area contributed by atoms with Crippen molar-refractivity contribution in [3.63, 3.8) is 0 Å². The molecule has 0 radical (unpaired) electrons. The van der Waals surface area contributed by atoms with Gasteiger partial charge in [0.05, 0.1) is 11.7 Å². The highest BCUT2D eigenvalue weighted by molar-refractivity contribution is 5.53. The van der Waals surface area contributed by atoms with Crippen molar-refractivity contribution in [1.82, 2.24) is 9.38 Å². The molecular weight excluding hydrogens is 162 g/mol. The predicted molar refractivity (Wildman–Crippen MR) is 51.8 cm³/mol. The van der Waals surface area contributed by atoms with E-state index in [2.05, 4.69) is 32.9 Å². The number of fused-ring (bicyclic) bond motifs is 1. The van der Waals surface area contributed by atoms with Gasteiger partial charge in [0.1, 0.15) is 12.1 Å². The molecule has 3 nitrogen and oxygen atoms in total. The summed E-state index contributed by atoms with van der Waals surface area (Å²) in [6.07, 6.45) is 6.31. The third-order valence-electron chi connectivity index (χ3n) is 2.38. The normalized spacial score (nSPS) is 16.3. The van der Waals surface area contributed by atoms with Gasteiger partial charge >= 0.3 is 0 Å².